The number of rotatable bonds is 8. The quantitative estimate of drug-likeness (QED) is 0.343. The van der Waals surface area contributed by atoms with Crippen LogP contribution in [0.4, 0.5) is 23.2 Å². The smallest absolute Gasteiger partial charge is 0.419 e. The average molecular weight is 597 g/mol. The van der Waals surface area contributed by atoms with Crippen molar-refractivity contribution in [1.29, 1.82) is 0 Å². The normalized spacial score (nSPS) is 14.7. The Morgan fingerprint density at radius 3 is 2.49 bits per heavy atom. The molecular weight excluding hydrogens is 568 g/mol. The maximum absolute atomic E-state index is 13.8. The van der Waals surface area contributed by atoms with Gasteiger partial charge >= 0.3 is 6.18 Å². The van der Waals surface area contributed by atoms with Crippen molar-refractivity contribution >= 4 is 23.2 Å². The van der Waals surface area contributed by atoms with E-state index in [0.29, 0.717) is 61.0 Å². The van der Waals surface area contributed by atoms with Gasteiger partial charge in [0.1, 0.15) is 5.82 Å². The molecule has 0 aromatic heterocycles. The van der Waals surface area contributed by atoms with Crippen molar-refractivity contribution in [2.24, 2.45) is 5.10 Å². The number of aryl methyl sites for hydroxylation is 1. The molecule has 5 rings (SSSR count). The number of fused-ring (bicyclic) bond motifs is 1. The van der Waals surface area contributed by atoms with Crippen LogP contribution in [0.2, 0.25) is 0 Å². The van der Waals surface area contributed by atoms with Crippen LogP contribution in [0.3, 0.4) is 0 Å². The standard InChI is InChI=1S/C31H28F4N4O4/c1-18-12-20(29(40)36-15-19-4-9-27(42-2)28(13-19)43-3)5-6-21(18)16-38-11-10-26-23(17-38)30(41)39(37-26)22-7-8-25(32)24(14-22)31(33,34)35/h4-9,12-14,17H,10-11,15-16H2,1-3H3,(H,36,40). The molecule has 2 aliphatic heterocycles. The number of carbonyl (C=O) groups is 2. The molecule has 1 N–H and O–H groups in total. The number of anilines is 1. The van der Waals surface area contributed by atoms with E-state index in [1.807, 2.05) is 24.0 Å². The molecule has 0 bridgehead atoms. The van der Waals surface area contributed by atoms with Crippen molar-refractivity contribution in [2.75, 3.05) is 25.8 Å². The summed E-state index contributed by atoms with van der Waals surface area (Å²) < 4.78 is 63.9. The van der Waals surface area contributed by atoms with Gasteiger partial charge in [-0.3, -0.25) is 9.59 Å². The molecule has 3 aromatic rings. The van der Waals surface area contributed by atoms with Gasteiger partial charge in [0.25, 0.3) is 11.8 Å². The minimum atomic E-state index is -4.91. The number of carbonyl (C=O) groups excluding carboxylic acids is 2. The average Bonchev–Trinajstić information content (AvgIpc) is 3.31. The summed E-state index contributed by atoms with van der Waals surface area (Å²) >= 11 is 0. The number of nitrogens with one attached hydrogen (secondary N) is 1. The van der Waals surface area contributed by atoms with E-state index >= 15 is 0 Å². The first-order valence-corrected chi connectivity index (χ1v) is 13.3. The Kier molecular flexibility index (Phi) is 8.12. The van der Waals surface area contributed by atoms with Crippen LogP contribution in [0.1, 0.15) is 39.0 Å². The monoisotopic (exact) mass is 596 g/mol. The molecule has 0 saturated heterocycles. The molecule has 8 nitrogen and oxygen atoms in total. The predicted molar refractivity (Wildman–Crippen MR) is 151 cm³/mol. The fourth-order valence-corrected chi connectivity index (χ4v) is 4.94. The molecule has 2 amide bonds. The summed E-state index contributed by atoms with van der Waals surface area (Å²) in [5.74, 6) is -1.08. The zero-order valence-corrected chi connectivity index (χ0v) is 23.6. The summed E-state index contributed by atoms with van der Waals surface area (Å²) in [5, 5.41) is 8.00. The SMILES string of the molecule is COc1ccc(CNC(=O)c2ccc(CN3C=C4C(=O)N(c5ccc(F)c(C(F)(F)F)c5)N=C4CC3)c(C)c2)cc1OC. The van der Waals surface area contributed by atoms with Gasteiger partial charge < -0.3 is 19.7 Å². The van der Waals surface area contributed by atoms with Crippen LogP contribution in [-0.4, -0.2) is 43.2 Å². The van der Waals surface area contributed by atoms with E-state index in [2.05, 4.69) is 10.4 Å². The number of hydrogen-bond acceptors (Lipinski definition) is 6. The molecule has 43 heavy (non-hydrogen) atoms. The minimum Gasteiger partial charge on any atom is -0.493 e. The largest absolute Gasteiger partial charge is 0.493 e. The Hall–Kier alpha value is -4.87. The van der Waals surface area contributed by atoms with E-state index in [-0.39, 0.29) is 17.2 Å². The van der Waals surface area contributed by atoms with Crippen LogP contribution in [0.5, 0.6) is 11.5 Å². The lowest BCUT2D eigenvalue weighted by Gasteiger charge is -2.26. The maximum Gasteiger partial charge on any atom is 0.419 e. The number of hydrazone groups is 1. The second kappa shape index (κ2) is 11.8. The minimum absolute atomic E-state index is 0.163. The first kappa shape index (κ1) is 29.6. The van der Waals surface area contributed by atoms with Gasteiger partial charge in [0.15, 0.2) is 11.5 Å². The van der Waals surface area contributed by atoms with E-state index < -0.39 is 23.5 Å². The number of alkyl halides is 3. The van der Waals surface area contributed by atoms with Crippen LogP contribution in [0.15, 0.2) is 71.5 Å². The molecule has 3 aromatic carbocycles. The van der Waals surface area contributed by atoms with Gasteiger partial charge in [-0.15, -0.1) is 0 Å². The van der Waals surface area contributed by atoms with Crippen molar-refractivity contribution < 1.29 is 36.6 Å². The molecule has 0 aliphatic carbocycles. The molecule has 2 heterocycles. The van der Waals surface area contributed by atoms with E-state index in [1.54, 1.807) is 44.7 Å². The lowest BCUT2D eigenvalue weighted by Crippen LogP contribution is -2.29. The highest BCUT2D eigenvalue weighted by atomic mass is 19.4. The molecule has 2 aliphatic rings. The third-order valence-electron chi connectivity index (χ3n) is 7.28. The molecule has 224 valence electrons. The highest BCUT2D eigenvalue weighted by Crippen LogP contribution is 2.36. The fourth-order valence-electron chi connectivity index (χ4n) is 4.94. The van der Waals surface area contributed by atoms with Crippen molar-refractivity contribution in [1.82, 2.24) is 10.2 Å². The Balaban J connectivity index is 1.24. The number of hydrogen-bond donors (Lipinski definition) is 1. The molecule has 0 spiro atoms. The van der Waals surface area contributed by atoms with Crippen LogP contribution in [-0.2, 0) is 24.1 Å². The molecule has 0 unspecified atom stereocenters. The fraction of sp³-hybridized carbons (Fsp3) is 0.258. The lowest BCUT2D eigenvalue weighted by molar-refractivity contribution is -0.140. The highest BCUT2D eigenvalue weighted by Gasteiger charge is 2.38. The van der Waals surface area contributed by atoms with Crippen molar-refractivity contribution in [3.05, 3.63) is 100 Å². The number of nitrogens with zero attached hydrogens (tertiary/aromatic N) is 3. The zero-order valence-electron chi connectivity index (χ0n) is 23.6. The van der Waals surface area contributed by atoms with E-state index in [4.69, 9.17) is 9.47 Å². The summed E-state index contributed by atoms with van der Waals surface area (Å²) in [4.78, 5) is 27.8. The van der Waals surface area contributed by atoms with Gasteiger partial charge in [0.05, 0.1) is 36.8 Å². The summed E-state index contributed by atoms with van der Waals surface area (Å²) in [7, 11) is 3.09. The Labute approximate surface area is 245 Å². The maximum atomic E-state index is 13.8. The summed E-state index contributed by atoms with van der Waals surface area (Å²) in [6.45, 7) is 3.15. The van der Waals surface area contributed by atoms with E-state index in [1.165, 1.54) is 0 Å². The summed E-state index contributed by atoms with van der Waals surface area (Å²) in [6, 6.07) is 13.1. The van der Waals surface area contributed by atoms with Crippen molar-refractivity contribution in [2.45, 2.75) is 32.6 Å². The molecule has 0 radical (unpaired) electrons. The van der Waals surface area contributed by atoms with Gasteiger partial charge in [0.2, 0.25) is 0 Å². The van der Waals surface area contributed by atoms with Crippen LogP contribution in [0.25, 0.3) is 0 Å². The number of ether oxygens (including phenoxy) is 2. The first-order valence-electron chi connectivity index (χ1n) is 13.3. The highest BCUT2D eigenvalue weighted by molar-refractivity contribution is 6.30. The van der Waals surface area contributed by atoms with Crippen LogP contribution < -0.4 is 19.8 Å². The Morgan fingerprint density at radius 2 is 1.79 bits per heavy atom. The summed E-state index contributed by atoms with van der Waals surface area (Å²) in [6.07, 6.45) is -2.86. The molecule has 0 atom stereocenters. The summed E-state index contributed by atoms with van der Waals surface area (Å²) in [5.41, 5.74) is 2.26. The lowest BCUT2D eigenvalue weighted by atomic mass is 10.0. The third-order valence-corrected chi connectivity index (χ3v) is 7.28. The third kappa shape index (κ3) is 6.18. The van der Waals surface area contributed by atoms with Gasteiger partial charge in [0, 0.05) is 37.8 Å². The molecule has 0 saturated carbocycles. The number of methoxy groups -OCH3 is 2. The number of amides is 2. The van der Waals surface area contributed by atoms with E-state index in [0.717, 1.165) is 27.8 Å². The topological polar surface area (TPSA) is 83.5 Å². The second-order valence-corrected chi connectivity index (χ2v) is 10.1. The van der Waals surface area contributed by atoms with E-state index in [9.17, 15) is 27.2 Å². The van der Waals surface area contributed by atoms with Gasteiger partial charge in [-0.05, 0) is 66.1 Å². The van der Waals surface area contributed by atoms with Crippen LogP contribution >= 0.6 is 0 Å². The second-order valence-electron chi connectivity index (χ2n) is 10.1. The molecule has 12 heteroatoms. The van der Waals surface area contributed by atoms with Gasteiger partial charge in [-0.1, -0.05) is 12.1 Å². The van der Waals surface area contributed by atoms with Crippen molar-refractivity contribution in [3.8, 4) is 11.5 Å². The van der Waals surface area contributed by atoms with Gasteiger partial charge in [-0.2, -0.15) is 23.3 Å². The Bertz CT molecular complexity index is 1650. The Morgan fingerprint density at radius 1 is 1.02 bits per heavy atom. The zero-order chi connectivity index (χ0) is 30.9. The van der Waals surface area contributed by atoms with Crippen LogP contribution in [0, 0.1) is 12.7 Å². The molecular formula is C31H28F4N4O4. The van der Waals surface area contributed by atoms with Crippen molar-refractivity contribution in [3.63, 3.8) is 0 Å². The van der Waals surface area contributed by atoms with Gasteiger partial charge in [-0.25, -0.2) is 4.39 Å². The first-order chi connectivity index (χ1) is 20.5. The molecule has 0 fully saturated rings. The predicted octanol–water partition coefficient (Wildman–Crippen LogP) is 5.59. The number of halogens is 4. The number of benzene rings is 3.